The molecule has 1 saturated heterocycles. The van der Waals surface area contributed by atoms with Gasteiger partial charge in [0, 0.05) is 47.9 Å². The van der Waals surface area contributed by atoms with Gasteiger partial charge in [0.15, 0.2) is 0 Å². The maximum absolute atomic E-state index is 12.3. The summed E-state index contributed by atoms with van der Waals surface area (Å²) in [5.41, 5.74) is 0. The fourth-order valence-corrected chi connectivity index (χ4v) is 5.68. The minimum Gasteiger partial charge on any atom is -0.370 e. The number of hydrogen-bond acceptors (Lipinski definition) is 6. The number of thioether (sulfide) groups is 2. The Morgan fingerprint density at radius 1 is 1.43 bits per heavy atom. The highest BCUT2D eigenvalue weighted by molar-refractivity contribution is 8.06. The Hall–Kier alpha value is -0.440. The fourth-order valence-electron chi connectivity index (χ4n) is 1.87. The molecule has 1 atom stereocenters. The Morgan fingerprint density at radius 2 is 2.29 bits per heavy atom. The highest BCUT2D eigenvalue weighted by Crippen LogP contribution is 2.23. The SMILES string of the molecule is CCCNc1cc(S(=O)(=O)NCC2CSCCS2)ccn1. The molecule has 0 bridgehead atoms. The van der Waals surface area contributed by atoms with E-state index in [-0.39, 0.29) is 4.90 Å². The minimum absolute atomic E-state index is 0.268. The molecular weight excluding hydrogens is 326 g/mol. The van der Waals surface area contributed by atoms with Gasteiger partial charge in [0.1, 0.15) is 5.82 Å². The predicted molar refractivity (Wildman–Crippen MR) is 91.8 cm³/mol. The van der Waals surface area contributed by atoms with Crippen LogP contribution in [-0.4, -0.2) is 49.0 Å². The maximum atomic E-state index is 12.3. The average molecular weight is 348 g/mol. The first-order chi connectivity index (χ1) is 10.1. The van der Waals surface area contributed by atoms with E-state index in [0.717, 1.165) is 30.2 Å². The lowest BCUT2D eigenvalue weighted by Gasteiger charge is -2.21. The largest absolute Gasteiger partial charge is 0.370 e. The first kappa shape index (κ1) is 16.9. The Labute approximate surface area is 135 Å². The Kier molecular flexibility index (Phi) is 6.66. The van der Waals surface area contributed by atoms with Crippen molar-refractivity contribution in [2.45, 2.75) is 23.5 Å². The summed E-state index contributed by atoms with van der Waals surface area (Å²) in [5.74, 6) is 3.86. The zero-order valence-corrected chi connectivity index (χ0v) is 14.5. The van der Waals surface area contributed by atoms with E-state index in [4.69, 9.17) is 0 Å². The second-order valence-electron chi connectivity index (χ2n) is 4.72. The Morgan fingerprint density at radius 3 is 3.00 bits per heavy atom. The Balaban J connectivity index is 1.97. The second-order valence-corrected chi connectivity index (χ2v) is 9.05. The zero-order valence-electron chi connectivity index (χ0n) is 12.0. The van der Waals surface area contributed by atoms with E-state index in [1.54, 1.807) is 6.07 Å². The molecule has 0 amide bonds. The van der Waals surface area contributed by atoms with Gasteiger partial charge in [-0.3, -0.25) is 0 Å². The summed E-state index contributed by atoms with van der Waals surface area (Å²) in [6.07, 6.45) is 2.49. The van der Waals surface area contributed by atoms with Gasteiger partial charge in [-0.05, 0) is 12.5 Å². The normalized spacial score (nSPS) is 19.4. The van der Waals surface area contributed by atoms with Crippen LogP contribution in [0.4, 0.5) is 5.82 Å². The third kappa shape index (κ3) is 5.36. The van der Waals surface area contributed by atoms with Gasteiger partial charge < -0.3 is 5.32 Å². The number of nitrogens with one attached hydrogen (secondary N) is 2. The number of nitrogens with zero attached hydrogens (tertiary/aromatic N) is 1. The van der Waals surface area contributed by atoms with Crippen LogP contribution in [0.1, 0.15) is 13.3 Å². The summed E-state index contributed by atoms with van der Waals surface area (Å²) >= 11 is 3.73. The molecule has 0 aromatic carbocycles. The van der Waals surface area contributed by atoms with Crippen LogP contribution < -0.4 is 10.0 Å². The van der Waals surface area contributed by atoms with Gasteiger partial charge in [0.05, 0.1) is 4.90 Å². The predicted octanol–water partition coefficient (Wildman–Crippen LogP) is 2.03. The lowest BCUT2D eigenvalue weighted by molar-refractivity contribution is 0.581. The van der Waals surface area contributed by atoms with Gasteiger partial charge >= 0.3 is 0 Å². The van der Waals surface area contributed by atoms with Crippen LogP contribution in [0.2, 0.25) is 0 Å². The number of anilines is 1. The number of sulfonamides is 1. The lowest BCUT2D eigenvalue weighted by Crippen LogP contribution is -2.33. The van der Waals surface area contributed by atoms with Crippen LogP contribution in [0.25, 0.3) is 0 Å². The molecule has 1 aromatic rings. The van der Waals surface area contributed by atoms with Crippen LogP contribution in [0, 0.1) is 0 Å². The summed E-state index contributed by atoms with van der Waals surface area (Å²) in [4.78, 5) is 4.40. The Bertz CT molecular complexity index is 545. The molecule has 0 radical (unpaired) electrons. The van der Waals surface area contributed by atoms with Gasteiger partial charge in [-0.2, -0.15) is 23.5 Å². The molecule has 1 aliphatic heterocycles. The molecule has 1 aromatic heterocycles. The van der Waals surface area contributed by atoms with Crippen molar-refractivity contribution in [2.75, 3.05) is 35.7 Å². The zero-order chi connectivity index (χ0) is 15.1. The molecule has 2 heterocycles. The van der Waals surface area contributed by atoms with E-state index >= 15 is 0 Å². The summed E-state index contributed by atoms with van der Waals surface area (Å²) in [5, 5.41) is 3.46. The highest BCUT2D eigenvalue weighted by atomic mass is 32.2. The number of aromatic nitrogens is 1. The van der Waals surface area contributed by atoms with Gasteiger partial charge in [0.25, 0.3) is 0 Å². The van der Waals surface area contributed by atoms with Crippen molar-refractivity contribution in [1.82, 2.24) is 9.71 Å². The third-order valence-electron chi connectivity index (χ3n) is 2.98. The molecule has 2 rings (SSSR count). The minimum atomic E-state index is -3.46. The van der Waals surface area contributed by atoms with Crippen molar-refractivity contribution in [3.63, 3.8) is 0 Å². The fraction of sp³-hybridized carbons (Fsp3) is 0.615. The molecular formula is C13H21N3O2S3. The van der Waals surface area contributed by atoms with Crippen LogP contribution in [0.5, 0.6) is 0 Å². The molecule has 2 N–H and O–H groups in total. The van der Waals surface area contributed by atoms with Crippen molar-refractivity contribution < 1.29 is 8.42 Å². The number of pyridine rings is 1. The summed E-state index contributed by atoms with van der Waals surface area (Å²) in [7, 11) is -3.46. The number of hydrogen-bond donors (Lipinski definition) is 2. The highest BCUT2D eigenvalue weighted by Gasteiger charge is 2.19. The van der Waals surface area contributed by atoms with E-state index in [0.29, 0.717) is 17.6 Å². The molecule has 8 heteroatoms. The van der Waals surface area contributed by atoms with E-state index in [1.807, 2.05) is 23.5 Å². The van der Waals surface area contributed by atoms with Crippen LogP contribution in [0.3, 0.4) is 0 Å². The van der Waals surface area contributed by atoms with Crippen molar-refractivity contribution in [3.05, 3.63) is 18.3 Å². The second kappa shape index (κ2) is 8.26. The molecule has 0 spiro atoms. The summed E-state index contributed by atoms with van der Waals surface area (Å²) in [6.45, 7) is 3.31. The van der Waals surface area contributed by atoms with Crippen molar-refractivity contribution in [3.8, 4) is 0 Å². The van der Waals surface area contributed by atoms with E-state index < -0.39 is 10.0 Å². The van der Waals surface area contributed by atoms with Crippen molar-refractivity contribution >= 4 is 39.4 Å². The van der Waals surface area contributed by atoms with Crippen molar-refractivity contribution in [1.29, 1.82) is 0 Å². The average Bonchev–Trinajstić information content (AvgIpc) is 2.52. The van der Waals surface area contributed by atoms with E-state index in [1.165, 1.54) is 12.3 Å². The molecule has 0 aliphatic carbocycles. The standard InChI is InChI=1S/C13H21N3O2S3/c1-2-4-14-13-8-12(3-5-15-13)21(17,18)16-9-11-10-19-6-7-20-11/h3,5,8,11,16H,2,4,6-7,9-10H2,1H3,(H,14,15). The van der Waals surface area contributed by atoms with Crippen LogP contribution in [0.15, 0.2) is 23.2 Å². The topological polar surface area (TPSA) is 71.1 Å². The third-order valence-corrected chi connectivity index (χ3v) is 7.25. The molecule has 118 valence electrons. The van der Waals surface area contributed by atoms with E-state index in [9.17, 15) is 8.42 Å². The van der Waals surface area contributed by atoms with Crippen LogP contribution >= 0.6 is 23.5 Å². The maximum Gasteiger partial charge on any atom is 0.240 e. The monoisotopic (exact) mass is 347 g/mol. The molecule has 21 heavy (non-hydrogen) atoms. The van der Waals surface area contributed by atoms with Gasteiger partial charge in [-0.1, -0.05) is 6.92 Å². The summed E-state index contributed by atoms with van der Waals surface area (Å²) < 4.78 is 27.3. The van der Waals surface area contributed by atoms with Crippen LogP contribution in [-0.2, 0) is 10.0 Å². The number of rotatable bonds is 7. The molecule has 1 aliphatic rings. The van der Waals surface area contributed by atoms with Gasteiger partial charge in [-0.25, -0.2) is 18.1 Å². The quantitative estimate of drug-likeness (QED) is 0.786. The lowest BCUT2D eigenvalue weighted by atomic mass is 10.4. The van der Waals surface area contributed by atoms with Gasteiger partial charge in [0.2, 0.25) is 10.0 Å². The molecule has 1 fully saturated rings. The van der Waals surface area contributed by atoms with E-state index in [2.05, 4.69) is 21.9 Å². The molecule has 0 saturated carbocycles. The first-order valence-corrected chi connectivity index (χ1v) is 10.7. The molecule has 1 unspecified atom stereocenters. The van der Waals surface area contributed by atoms with Gasteiger partial charge in [-0.15, -0.1) is 0 Å². The molecule has 5 nitrogen and oxygen atoms in total. The smallest absolute Gasteiger partial charge is 0.240 e. The first-order valence-electron chi connectivity index (χ1n) is 7.01. The van der Waals surface area contributed by atoms with Crippen molar-refractivity contribution in [2.24, 2.45) is 0 Å². The summed E-state index contributed by atoms with van der Waals surface area (Å²) in [6, 6.07) is 3.11.